The molecule has 0 saturated carbocycles. The van der Waals surface area contributed by atoms with Crippen LogP contribution >= 0.6 is 0 Å². The molecule has 3 nitrogen and oxygen atoms in total. The highest BCUT2D eigenvalue weighted by Crippen LogP contribution is 2.37. The zero-order valence-electron chi connectivity index (χ0n) is 19.0. The summed E-state index contributed by atoms with van der Waals surface area (Å²) in [6.07, 6.45) is 7.65. The number of aliphatic hydroxyl groups excluding tert-OH is 1. The predicted octanol–water partition coefficient (Wildman–Crippen LogP) is 6.30. The molecule has 164 valence electrons. The van der Waals surface area contributed by atoms with E-state index in [4.69, 9.17) is 4.74 Å². The van der Waals surface area contributed by atoms with Crippen LogP contribution in [0.25, 0.3) is 0 Å². The molecule has 1 heterocycles. The van der Waals surface area contributed by atoms with E-state index < -0.39 is 0 Å². The largest absolute Gasteiger partial charge is 0.489 e. The van der Waals surface area contributed by atoms with Gasteiger partial charge >= 0.3 is 0 Å². The number of benzene rings is 2. The summed E-state index contributed by atoms with van der Waals surface area (Å²) < 4.78 is 6.37. The molecule has 0 aromatic heterocycles. The maximum Gasteiger partial charge on any atom is 0.124 e. The lowest BCUT2D eigenvalue weighted by molar-refractivity contribution is 0.115. The fraction of sp³-hybridized carbons (Fsp3) is 0.556. The lowest BCUT2D eigenvalue weighted by atomic mass is 9.79. The van der Waals surface area contributed by atoms with E-state index in [1.165, 1.54) is 43.2 Å². The number of hydrogen-bond donors (Lipinski definition) is 2. The van der Waals surface area contributed by atoms with Crippen molar-refractivity contribution in [1.29, 1.82) is 0 Å². The Morgan fingerprint density at radius 1 is 1.07 bits per heavy atom. The van der Waals surface area contributed by atoms with Gasteiger partial charge in [0, 0.05) is 11.6 Å². The van der Waals surface area contributed by atoms with E-state index in [1.807, 2.05) is 6.07 Å². The molecule has 0 radical (unpaired) electrons. The number of aliphatic hydroxyl groups is 1. The van der Waals surface area contributed by atoms with Crippen LogP contribution in [0.3, 0.4) is 0 Å². The fourth-order valence-electron chi connectivity index (χ4n) is 4.38. The number of piperidine rings is 1. The Bertz CT molecular complexity index is 772. The molecule has 3 rings (SSSR count). The Morgan fingerprint density at radius 3 is 2.60 bits per heavy atom. The van der Waals surface area contributed by atoms with Crippen LogP contribution in [0.2, 0.25) is 0 Å². The molecule has 0 amide bonds. The summed E-state index contributed by atoms with van der Waals surface area (Å²) in [6.45, 7) is 8.35. The molecule has 1 fully saturated rings. The number of unbranched alkanes of at least 4 members (excludes halogenated alkanes) is 3. The first-order valence-electron chi connectivity index (χ1n) is 11.7. The Balaban J connectivity index is 1.81. The molecule has 0 spiro atoms. The summed E-state index contributed by atoms with van der Waals surface area (Å²) in [5.41, 5.74) is 3.79. The molecule has 2 N–H and O–H groups in total. The minimum absolute atomic E-state index is 0.122. The average molecular weight is 410 g/mol. The Kier molecular flexibility index (Phi) is 8.35. The van der Waals surface area contributed by atoms with Crippen LogP contribution in [-0.2, 0) is 12.0 Å². The summed E-state index contributed by atoms with van der Waals surface area (Å²) in [5.74, 6) is 0.949. The van der Waals surface area contributed by atoms with E-state index in [0.29, 0.717) is 6.61 Å². The maximum absolute atomic E-state index is 10.2. The third kappa shape index (κ3) is 6.33. The number of hydrogen-bond acceptors (Lipinski definition) is 3. The molecule has 2 aromatic carbocycles. The molecule has 1 aliphatic heterocycles. The number of rotatable bonds is 10. The van der Waals surface area contributed by atoms with Crippen molar-refractivity contribution in [3.8, 4) is 5.75 Å². The summed E-state index contributed by atoms with van der Waals surface area (Å²) >= 11 is 0. The Hall–Kier alpha value is -1.84. The smallest absolute Gasteiger partial charge is 0.124 e. The van der Waals surface area contributed by atoms with Gasteiger partial charge in [-0.2, -0.15) is 0 Å². The van der Waals surface area contributed by atoms with E-state index in [2.05, 4.69) is 68.6 Å². The molecule has 1 saturated heterocycles. The molecule has 2 aromatic rings. The third-order valence-corrected chi connectivity index (χ3v) is 6.44. The highest BCUT2D eigenvalue weighted by molar-refractivity contribution is 5.42. The van der Waals surface area contributed by atoms with Crippen LogP contribution in [0.1, 0.15) is 88.4 Å². The highest BCUT2D eigenvalue weighted by atomic mass is 16.5. The van der Waals surface area contributed by atoms with Crippen molar-refractivity contribution in [3.05, 3.63) is 65.2 Å². The van der Waals surface area contributed by atoms with Crippen molar-refractivity contribution in [2.75, 3.05) is 6.54 Å². The van der Waals surface area contributed by atoms with Crippen LogP contribution < -0.4 is 10.1 Å². The average Bonchev–Trinajstić information content (AvgIpc) is 2.76. The number of nitrogens with one attached hydrogen (secondary N) is 1. The minimum Gasteiger partial charge on any atom is -0.489 e. The Labute approximate surface area is 182 Å². The molecular weight excluding hydrogens is 370 g/mol. The predicted molar refractivity (Wildman–Crippen MR) is 125 cm³/mol. The van der Waals surface area contributed by atoms with E-state index >= 15 is 0 Å². The highest BCUT2D eigenvalue weighted by Gasteiger charge is 2.26. The van der Waals surface area contributed by atoms with Crippen LogP contribution in [-0.4, -0.2) is 17.8 Å². The zero-order chi connectivity index (χ0) is 21.4. The lowest BCUT2D eigenvalue weighted by Gasteiger charge is -2.31. The fourth-order valence-corrected chi connectivity index (χ4v) is 4.38. The van der Waals surface area contributed by atoms with Crippen molar-refractivity contribution >= 4 is 0 Å². The lowest BCUT2D eigenvalue weighted by Crippen LogP contribution is -2.34. The van der Waals surface area contributed by atoms with Gasteiger partial charge < -0.3 is 15.2 Å². The SMILES string of the molecule is CCCCCCC(C)(C)c1ccc([C@@H]2C[C@H](O)CCN2)c(OCc2ccccc2)c1. The molecule has 0 unspecified atom stereocenters. The molecule has 2 atom stereocenters. The molecular formula is C27H39NO2. The maximum atomic E-state index is 10.2. The van der Waals surface area contributed by atoms with Gasteiger partial charge in [-0.05, 0) is 48.4 Å². The van der Waals surface area contributed by atoms with E-state index in [-0.39, 0.29) is 17.6 Å². The molecule has 30 heavy (non-hydrogen) atoms. The van der Waals surface area contributed by atoms with Crippen molar-refractivity contribution in [3.63, 3.8) is 0 Å². The van der Waals surface area contributed by atoms with Crippen LogP contribution in [0.5, 0.6) is 5.75 Å². The Morgan fingerprint density at radius 2 is 1.87 bits per heavy atom. The van der Waals surface area contributed by atoms with Crippen LogP contribution in [0, 0.1) is 0 Å². The van der Waals surface area contributed by atoms with Gasteiger partial charge in [-0.1, -0.05) is 88.9 Å². The van der Waals surface area contributed by atoms with Gasteiger partial charge in [0.15, 0.2) is 0 Å². The van der Waals surface area contributed by atoms with Crippen LogP contribution in [0.15, 0.2) is 48.5 Å². The van der Waals surface area contributed by atoms with Gasteiger partial charge in [0.1, 0.15) is 12.4 Å². The quantitative estimate of drug-likeness (QED) is 0.453. The van der Waals surface area contributed by atoms with E-state index in [0.717, 1.165) is 30.7 Å². The number of ether oxygens (including phenoxy) is 1. The minimum atomic E-state index is -0.243. The van der Waals surface area contributed by atoms with Gasteiger partial charge in [0.2, 0.25) is 0 Å². The van der Waals surface area contributed by atoms with E-state index in [1.54, 1.807) is 0 Å². The monoisotopic (exact) mass is 409 g/mol. The van der Waals surface area contributed by atoms with Gasteiger partial charge in [-0.15, -0.1) is 0 Å². The standard InChI is InChI=1S/C27H39NO2/c1-4-5-6-10-16-27(2,3)22-13-14-24(25-19-23(29)15-17-28-25)26(18-22)30-20-21-11-8-7-9-12-21/h7-9,11-14,18,23,25,28-29H,4-6,10,15-17,19-20H2,1-3H3/t23-,25+/m1/s1. The molecule has 3 heteroatoms. The topological polar surface area (TPSA) is 41.5 Å². The normalized spacial score (nSPS) is 19.6. The summed E-state index contributed by atoms with van der Waals surface area (Å²) in [7, 11) is 0. The summed E-state index contributed by atoms with van der Waals surface area (Å²) in [4.78, 5) is 0. The van der Waals surface area contributed by atoms with Gasteiger partial charge in [0.05, 0.1) is 6.10 Å². The van der Waals surface area contributed by atoms with Crippen molar-refractivity contribution in [2.45, 2.75) is 89.9 Å². The second-order valence-electron chi connectivity index (χ2n) is 9.41. The van der Waals surface area contributed by atoms with Gasteiger partial charge in [-0.25, -0.2) is 0 Å². The van der Waals surface area contributed by atoms with Gasteiger partial charge in [-0.3, -0.25) is 0 Å². The third-order valence-electron chi connectivity index (χ3n) is 6.44. The molecule has 1 aliphatic rings. The van der Waals surface area contributed by atoms with E-state index in [9.17, 15) is 5.11 Å². The first-order chi connectivity index (χ1) is 14.5. The first-order valence-corrected chi connectivity index (χ1v) is 11.7. The van der Waals surface area contributed by atoms with Crippen LogP contribution in [0.4, 0.5) is 0 Å². The molecule has 0 bridgehead atoms. The second-order valence-corrected chi connectivity index (χ2v) is 9.41. The summed E-state index contributed by atoms with van der Waals surface area (Å²) in [5, 5.41) is 13.8. The zero-order valence-corrected chi connectivity index (χ0v) is 19.0. The first kappa shape index (κ1) is 22.8. The summed E-state index contributed by atoms with van der Waals surface area (Å²) in [6, 6.07) is 17.2. The van der Waals surface area contributed by atoms with Crippen molar-refractivity contribution < 1.29 is 9.84 Å². The van der Waals surface area contributed by atoms with Gasteiger partial charge in [0.25, 0.3) is 0 Å². The van der Waals surface area contributed by atoms with Crippen molar-refractivity contribution in [1.82, 2.24) is 5.32 Å². The van der Waals surface area contributed by atoms with Crippen molar-refractivity contribution in [2.24, 2.45) is 0 Å². The molecule has 0 aliphatic carbocycles. The second kappa shape index (κ2) is 11.0.